The van der Waals surface area contributed by atoms with Crippen molar-refractivity contribution in [3.63, 3.8) is 0 Å². The van der Waals surface area contributed by atoms with E-state index < -0.39 is 0 Å². The number of carbonyl (C=O) groups excluding carboxylic acids is 1. The van der Waals surface area contributed by atoms with Gasteiger partial charge in [0.2, 0.25) is 0 Å². The summed E-state index contributed by atoms with van der Waals surface area (Å²) in [7, 11) is 3.96. The molecule has 0 bridgehead atoms. The second kappa shape index (κ2) is 9.49. The largest absolute Gasteiger partial charge is 0.462 e. The van der Waals surface area contributed by atoms with Gasteiger partial charge in [0.25, 0.3) is 0 Å². The van der Waals surface area contributed by atoms with Crippen LogP contribution in [0.3, 0.4) is 0 Å². The van der Waals surface area contributed by atoms with Gasteiger partial charge in [0, 0.05) is 6.54 Å². The van der Waals surface area contributed by atoms with E-state index >= 15 is 0 Å². The van der Waals surface area contributed by atoms with Gasteiger partial charge in [-0.2, -0.15) is 0 Å². The summed E-state index contributed by atoms with van der Waals surface area (Å²) in [5.41, 5.74) is 1.07. The van der Waals surface area contributed by atoms with Gasteiger partial charge in [0.05, 0.1) is 12.5 Å². The number of likely N-dealkylation sites (N-methyl/N-ethyl adjacent to an activating group) is 1. The zero-order chi connectivity index (χ0) is 18.4. The lowest BCUT2D eigenvalue weighted by atomic mass is 9.77. The summed E-state index contributed by atoms with van der Waals surface area (Å²) >= 11 is 0. The molecule has 1 aliphatic heterocycles. The zero-order valence-corrected chi connectivity index (χ0v) is 15.9. The minimum Gasteiger partial charge on any atom is -0.462 e. The van der Waals surface area contributed by atoms with Crippen molar-refractivity contribution in [2.75, 3.05) is 33.9 Å². The normalized spacial score (nSPS) is 25.3. The standard InChI is InChI=1S/C21H31NO4/c1-22(2)13-19-24-14-18(26-19)15-25-21(23)20(16-9-5-3-6-10-16)17-11-7-4-8-12-17/h3,5-6,9-10,17-20H,4,7-8,11-15H2,1-2H3/t18-,19-,20?/m1/s1. The van der Waals surface area contributed by atoms with E-state index in [0.29, 0.717) is 19.1 Å². The van der Waals surface area contributed by atoms with Gasteiger partial charge in [-0.1, -0.05) is 49.6 Å². The van der Waals surface area contributed by atoms with Gasteiger partial charge in [0.15, 0.2) is 6.29 Å². The fourth-order valence-electron chi connectivity index (χ4n) is 3.98. The topological polar surface area (TPSA) is 48.0 Å². The number of rotatable bonds is 7. The Balaban J connectivity index is 1.57. The molecule has 3 atom stereocenters. The van der Waals surface area contributed by atoms with Crippen molar-refractivity contribution in [3.8, 4) is 0 Å². The van der Waals surface area contributed by atoms with Gasteiger partial charge in [0.1, 0.15) is 12.7 Å². The predicted molar refractivity (Wildman–Crippen MR) is 99.9 cm³/mol. The summed E-state index contributed by atoms with van der Waals surface area (Å²) in [6.07, 6.45) is 5.46. The van der Waals surface area contributed by atoms with Crippen LogP contribution in [0.4, 0.5) is 0 Å². The Hall–Kier alpha value is -1.43. The molecule has 5 heteroatoms. The molecule has 2 fully saturated rings. The van der Waals surface area contributed by atoms with E-state index in [1.165, 1.54) is 19.3 Å². The lowest BCUT2D eigenvalue weighted by Crippen LogP contribution is -2.30. The van der Waals surface area contributed by atoms with Gasteiger partial charge < -0.3 is 19.1 Å². The summed E-state index contributed by atoms with van der Waals surface area (Å²) in [6, 6.07) is 10.1. The maximum absolute atomic E-state index is 12.9. The smallest absolute Gasteiger partial charge is 0.313 e. The molecule has 1 saturated heterocycles. The zero-order valence-electron chi connectivity index (χ0n) is 15.9. The van der Waals surface area contributed by atoms with Gasteiger partial charge >= 0.3 is 5.97 Å². The molecular formula is C21H31NO4. The Kier molecular flexibility index (Phi) is 7.06. The van der Waals surface area contributed by atoms with E-state index in [2.05, 4.69) is 0 Å². The molecule has 1 aromatic rings. The van der Waals surface area contributed by atoms with E-state index in [0.717, 1.165) is 18.4 Å². The third-order valence-electron chi connectivity index (χ3n) is 5.27. The Labute approximate surface area is 156 Å². The number of carbonyl (C=O) groups is 1. The first-order valence-corrected chi connectivity index (χ1v) is 9.77. The number of ether oxygens (including phenoxy) is 3. The van der Waals surface area contributed by atoms with Crippen LogP contribution in [0.1, 0.15) is 43.6 Å². The molecule has 1 unspecified atom stereocenters. The fraction of sp³-hybridized carbons (Fsp3) is 0.667. The van der Waals surface area contributed by atoms with Crippen LogP contribution >= 0.6 is 0 Å². The van der Waals surface area contributed by atoms with Crippen molar-refractivity contribution in [1.82, 2.24) is 4.90 Å². The summed E-state index contributed by atoms with van der Waals surface area (Å²) in [5.74, 6) is 0.0834. The highest BCUT2D eigenvalue weighted by atomic mass is 16.7. The molecule has 26 heavy (non-hydrogen) atoms. The monoisotopic (exact) mass is 361 g/mol. The highest BCUT2D eigenvalue weighted by Crippen LogP contribution is 2.37. The van der Waals surface area contributed by atoms with Gasteiger partial charge in [-0.25, -0.2) is 0 Å². The van der Waals surface area contributed by atoms with Crippen LogP contribution in [-0.2, 0) is 19.0 Å². The summed E-state index contributed by atoms with van der Waals surface area (Å²) in [6.45, 7) is 1.45. The summed E-state index contributed by atoms with van der Waals surface area (Å²) in [5, 5.41) is 0. The number of hydrogen-bond donors (Lipinski definition) is 0. The van der Waals surface area contributed by atoms with Crippen molar-refractivity contribution >= 4 is 5.97 Å². The van der Waals surface area contributed by atoms with Crippen molar-refractivity contribution < 1.29 is 19.0 Å². The molecular weight excluding hydrogens is 330 g/mol. The molecule has 3 rings (SSSR count). The third-order valence-corrected chi connectivity index (χ3v) is 5.27. The predicted octanol–water partition coefficient (Wildman–Crippen LogP) is 3.20. The molecule has 0 N–H and O–H groups in total. The van der Waals surface area contributed by atoms with Gasteiger partial charge in [-0.3, -0.25) is 4.79 Å². The Morgan fingerprint density at radius 1 is 1.19 bits per heavy atom. The van der Waals surface area contributed by atoms with Crippen LogP contribution in [0.2, 0.25) is 0 Å². The van der Waals surface area contributed by atoms with Crippen molar-refractivity contribution in [3.05, 3.63) is 35.9 Å². The average Bonchev–Trinajstić information content (AvgIpc) is 3.09. The minimum atomic E-state index is -0.239. The Morgan fingerprint density at radius 3 is 2.62 bits per heavy atom. The van der Waals surface area contributed by atoms with E-state index in [1.807, 2.05) is 49.3 Å². The summed E-state index contributed by atoms with van der Waals surface area (Å²) < 4.78 is 17.1. The summed E-state index contributed by atoms with van der Waals surface area (Å²) in [4.78, 5) is 15.0. The molecule has 1 saturated carbocycles. The SMILES string of the molecule is CN(C)C[C@@H]1OC[C@H](COC(=O)C(c2ccccc2)C2CCCCC2)O1. The first kappa shape index (κ1) is 19.3. The highest BCUT2D eigenvalue weighted by Gasteiger charge is 2.34. The number of nitrogens with zero attached hydrogens (tertiary/aromatic N) is 1. The van der Waals surface area contributed by atoms with Crippen molar-refractivity contribution in [2.24, 2.45) is 5.92 Å². The maximum atomic E-state index is 12.9. The fourth-order valence-corrected chi connectivity index (χ4v) is 3.98. The van der Waals surface area contributed by atoms with E-state index in [9.17, 15) is 4.79 Å². The number of benzene rings is 1. The van der Waals surface area contributed by atoms with Crippen LogP contribution in [0.15, 0.2) is 30.3 Å². The number of hydrogen-bond acceptors (Lipinski definition) is 5. The molecule has 1 aliphatic carbocycles. The number of esters is 1. The molecule has 0 radical (unpaired) electrons. The molecule has 0 amide bonds. The van der Waals surface area contributed by atoms with Crippen LogP contribution in [0, 0.1) is 5.92 Å². The van der Waals surface area contributed by atoms with Crippen molar-refractivity contribution in [2.45, 2.75) is 50.4 Å². The molecule has 0 aromatic heterocycles. The second-order valence-electron chi connectivity index (χ2n) is 7.70. The van der Waals surface area contributed by atoms with E-state index in [-0.39, 0.29) is 30.9 Å². The quantitative estimate of drug-likeness (QED) is 0.698. The first-order chi connectivity index (χ1) is 12.6. The van der Waals surface area contributed by atoms with Crippen LogP contribution in [0.25, 0.3) is 0 Å². The Morgan fingerprint density at radius 2 is 1.92 bits per heavy atom. The molecule has 1 aromatic carbocycles. The van der Waals surface area contributed by atoms with Crippen LogP contribution in [0.5, 0.6) is 0 Å². The molecule has 1 heterocycles. The molecule has 0 spiro atoms. The molecule has 5 nitrogen and oxygen atoms in total. The van der Waals surface area contributed by atoms with Crippen LogP contribution < -0.4 is 0 Å². The molecule has 144 valence electrons. The second-order valence-corrected chi connectivity index (χ2v) is 7.70. The maximum Gasteiger partial charge on any atom is 0.313 e. The Bertz CT molecular complexity index is 556. The highest BCUT2D eigenvalue weighted by molar-refractivity contribution is 5.78. The van der Waals surface area contributed by atoms with Crippen molar-refractivity contribution in [1.29, 1.82) is 0 Å². The molecule has 2 aliphatic rings. The van der Waals surface area contributed by atoms with Gasteiger partial charge in [-0.05, 0) is 38.4 Å². The lowest BCUT2D eigenvalue weighted by Gasteiger charge is -2.29. The van der Waals surface area contributed by atoms with E-state index in [1.54, 1.807) is 0 Å². The third kappa shape index (κ3) is 5.29. The first-order valence-electron chi connectivity index (χ1n) is 9.77. The van der Waals surface area contributed by atoms with Gasteiger partial charge in [-0.15, -0.1) is 0 Å². The van der Waals surface area contributed by atoms with E-state index in [4.69, 9.17) is 14.2 Å². The lowest BCUT2D eigenvalue weighted by molar-refractivity contribution is -0.152. The minimum absolute atomic E-state index is 0.122. The average molecular weight is 361 g/mol. The van der Waals surface area contributed by atoms with Crippen LogP contribution in [-0.4, -0.2) is 57.1 Å².